The highest BCUT2D eigenvalue weighted by Gasteiger charge is 2.32. The number of nitrogen functional groups attached to an aromatic ring is 1. The second-order valence-electron chi connectivity index (χ2n) is 4.56. The first-order chi connectivity index (χ1) is 8.58. The Morgan fingerprint density at radius 1 is 1.39 bits per heavy atom. The summed E-state index contributed by atoms with van der Waals surface area (Å²) in [5.41, 5.74) is 7.00. The van der Waals surface area contributed by atoms with E-state index in [4.69, 9.17) is 5.73 Å². The fraction of sp³-hybridized carbons (Fsp3) is 0.583. The van der Waals surface area contributed by atoms with Crippen molar-refractivity contribution in [1.82, 2.24) is 9.88 Å². The van der Waals surface area contributed by atoms with Crippen molar-refractivity contribution < 1.29 is 13.2 Å². The molecule has 2 unspecified atom stereocenters. The zero-order chi connectivity index (χ0) is 13.1. The lowest BCUT2D eigenvalue weighted by Gasteiger charge is -2.34. The van der Waals surface area contributed by atoms with E-state index in [0.29, 0.717) is 18.7 Å². The Balaban J connectivity index is 2.07. The highest BCUT2D eigenvalue weighted by atomic mass is 19.3. The van der Waals surface area contributed by atoms with Crippen molar-refractivity contribution in [2.75, 3.05) is 18.8 Å². The van der Waals surface area contributed by atoms with Crippen LogP contribution in [0.5, 0.6) is 0 Å². The Kier molecular flexibility index (Phi) is 4.06. The molecule has 0 aromatic carbocycles. The van der Waals surface area contributed by atoms with E-state index in [9.17, 15) is 13.2 Å². The van der Waals surface area contributed by atoms with E-state index in [1.54, 1.807) is 18.3 Å². The molecule has 1 aromatic heterocycles. The minimum atomic E-state index is -2.96. The molecule has 3 nitrogen and oxygen atoms in total. The molecule has 1 aromatic rings. The van der Waals surface area contributed by atoms with E-state index in [0.717, 1.165) is 12.1 Å². The number of piperidine rings is 1. The average Bonchev–Trinajstić information content (AvgIpc) is 2.38. The molecule has 2 atom stereocenters. The second-order valence-corrected chi connectivity index (χ2v) is 4.56. The number of likely N-dealkylation sites (tertiary alicyclic amines) is 1. The number of rotatable bonds is 3. The molecule has 100 valence electrons. The monoisotopic (exact) mass is 259 g/mol. The third kappa shape index (κ3) is 2.93. The van der Waals surface area contributed by atoms with Crippen molar-refractivity contribution >= 4 is 5.69 Å². The maximum Gasteiger partial charge on any atom is 0.282 e. The van der Waals surface area contributed by atoms with Crippen LogP contribution in [0, 0.1) is 0 Å². The van der Waals surface area contributed by atoms with E-state index >= 15 is 0 Å². The van der Waals surface area contributed by atoms with Gasteiger partial charge in [-0.25, -0.2) is 13.2 Å². The average molecular weight is 259 g/mol. The van der Waals surface area contributed by atoms with E-state index in [2.05, 4.69) is 4.98 Å². The first-order valence-electron chi connectivity index (χ1n) is 5.95. The summed E-state index contributed by atoms with van der Waals surface area (Å²) in [6.45, 7) is 0.631. The summed E-state index contributed by atoms with van der Waals surface area (Å²) in [5.74, 6) is -0.0285. The maximum absolute atomic E-state index is 13.3. The van der Waals surface area contributed by atoms with Gasteiger partial charge < -0.3 is 5.73 Å². The van der Waals surface area contributed by atoms with Crippen LogP contribution in [0.15, 0.2) is 18.3 Å². The topological polar surface area (TPSA) is 42.1 Å². The number of nitrogens with two attached hydrogens (primary N) is 1. The van der Waals surface area contributed by atoms with Crippen LogP contribution >= 0.6 is 0 Å². The van der Waals surface area contributed by atoms with Gasteiger partial charge in [-0.05, 0) is 25.0 Å². The summed E-state index contributed by atoms with van der Waals surface area (Å²) < 4.78 is 38.0. The molecule has 1 aliphatic heterocycles. The maximum atomic E-state index is 13.3. The predicted molar refractivity (Wildman–Crippen MR) is 63.1 cm³/mol. The van der Waals surface area contributed by atoms with Gasteiger partial charge in [0.1, 0.15) is 0 Å². The number of anilines is 1. The first kappa shape index (κ1) is 13.1. The summed E-state index contributed by atoms with van der Waals surface area (Å²) >= 11 is 0. The number of nitrogens with zero attached hydrogens (tertiary/aromatic N) is 2. The number of aromatic nitrogens is 1. The van der Waals surface area contributed by atoms with Crippen LogP contribution in [-0.4, -0.2) is 35.7 Å². The third-order valence-electron chi connectivity index (χ3n) is 3.23. The van der Waals surface area contributed by atoms with Gasteiger partial charge in [-0.1, -0.05) is 0 Å². The molecule has 2 rings (SSSR count). The van der Waals surface area contributed by atoms with Crippen molar-refractivity contribution in [3.05, 3.63) is 24.0 Å². The van der Waals surface area contributed by atoms with Crippen molar-refractivity contribution in [2.24, 2.45) is 0 Å². The highest BCUT2D eigenvalue weighted by Crippen LogP contribution is 2.28. The molecular weight excluding hydrogens is 243 g/mol. The van der Waals surface area contributed by atoms with Gasteiger partial charge in [0.05, 0.1) is 0 Å². The molecular formula is C12H16F3N3. The standard InChI is InChI=1S/C12H16F3N3/c13-11(14)12(15)18-5-1-2-8(7-18)10-6-9(16)3-4-17-10/h3-4,6,8,11-12H,1-2,5,7H2,(H2,16,17). The van der Waals surface area contributed by atoms with E-state index in [1.807, 2.05) is 0 Å². The van der Waals surface area contributed by atoms with Crippen molar-refractivity contribution in [3.63, 3.8) is 0 Å². The second kappa shape index (κ2) is 5.56. The molecule has 6 heteroatoms. The zero-order valence-corrected chi connectivity index (χ0v) is 9.90. The highest BCUT2D eigenvalue weighted by molar-refractivity contribution is 5.38. The SMILES string of the molecule is Nc1ccnc(C2CCCN(C(F)C(F)F)C2)c1. The lowest BCUT2D eigenvalue weighted by Crippen LogP contribution is -2.43. The normalized spacial score (nSPS) is 23.2. The number of hydrogen-bond donors (Lipinski definition) is 1. The predicted octanol–water partition coefficient (Wildman–Crippen LogP) is 2.40. The Bertz CT molecular complexity index is 400. The minimum Gasteiger partial charge on any atom is -0.399 e. The third-order valence-corrected chi connectivity index (χ3v) is 3.23. The van der Waals surface area contributed by atoms with Gasteiger partial charge in [-0.3, -0.25) is 9.88 Å². The van der Waals surface area contributed by atoms with Gasteiger partial charge in [-0.2, -0.15) is 0 Å². The molecule has 0 radical (unpaired) electrons. The molecule has 1 fully saturated rings. The van der Waals surface area contributed by atoms with Crippen molar-refractivity contribution in [3.8, 4) is 0 Å². The Morgan fingerprint density at radius 3 is 2.83 bits per heavy atom. The van der Waals surface area contributed by atoms with E-state index < -0.39 is 12.7 Å². The van der Waals surface area contributed by atoms with Gasteiger partial charge >= 0.3 is 0 Å². The molecule has 2 N–H and O–H groups in total. The number of alkyl halides is 3. The van der Waals surface area contributed by atoms with Gasteiger partial charge in [-0.15, -0.1) is 0 Å². The molecule has 0 amide bonds. The quantitative estimate of drug-likeness (QED) is 0.847. The Hall–Kier alpha value is -1.30. The number of halogens is 3. The van der Waals surface area contributed by atoms with E-state index in [1.165, 1.54) is 4.90 Å². The molecule has 1 aliphatic rings. The molecule has 18 heavy (non-hydrogen) atoms. The van der Waals surface area contributed by atoms with Crippen LogP contribution in [0.25, 0.3) is 0 Å². The molecule has 2 heterocycles. The van der Waals surface area contributed by atoms with Crippen LogP contribution in [0.2, 0.25) is 0 Å². The Morgan fingerprint density at radius 2 is 2.17 bits per heavy atom. The summed E-state index contributed by atoms with van der Waals surface area (Å²) in [4.78, 5) is 5.37. The molecule has 0 spiro atoms. The smallest absolute Gasteiger partial charge is 0.282 e. The van der Waals surface area contributed by atoms with Gasteiger partial charge in [0.2, 0.25) is 6.30 Å². The van der Waals surface area contributed by atoms with Gasteiger partial charge in [0, 0.05) is 36.6 Å². The minimum absolute atomic E-state index is 0.0285. The molecule has 0 aliphatic carbocycles. The number of hydrogen-bond acceptors (Lipinski definition) is 3. The number of pyridine rings is 1. The fourth-order valence-electron chi connectivity index (χ4n) is 2.32. The van der Waals surface area contributed by atoms with Crippen molar-refractivity contribution in [1.29, 1.82) is 0 Å². The summed E-state index contributed by atoms with van der Waals surface area (Å²) in [6, 6.07) is 3.39. The summed E-state index contributed by atoms with van der Waals surface area (Å²) in [7, 11) is 0. The van der Waals surface area contributed by atoms with E-state index in [-0.39, 0.29) is 12.5 Å². The fourth-order valence-corrected chi connectivity index (χ4v) is 2.32. The molecule has 0 bridgehead atoms. The molecule has 0 saturated carbocycles. The van der Waals surface area contributed by atoms with Gasteiger partial charge in [0.25, 0.3) is 6.43 Å². The first-order valence-corrected chi connectivity index (χ1v) is 5.95. The van der Waals surface area contributed by atoms with Gasteiger partial charge in [0.15, 0.2) is 0 Å². The van der Waals surface area contributed by atoms with Crippen LogP contribution in [0.1, 0.15) is 24.5 Å². The lowest BCUT2D eigenvalue weighted by molar-refractivity contribution is -0.0588. The summed E-state index contributed by atoms with van der Waals surface area (Å²) in [5, 5.41) is 0. The lowest BCUT2D eigenvalue weighted by atomic mass is 9.94. The van der Waals surface area contributed by atoms with Crippen LogP contribution in [-0.2, 0) is 0 Å². The molecule has 1 saturated heterocycles. The Labute approximate surface area is 104 Å². The van der Waals surface area contributed by atoms with Crippen LogP contribution in [0.3, 0.4) is 0 Å². The zero-order valence-electron chi connectivity index (χ0n) is 9.90. The largest absolute Gasteiger partial charge is 0.399 e. The van der Waals surface area contributed by atoms with Crippen molar-refractivity contribution in [2.45, 2.75) is 31.5 Å². The summed E-state index contributed by atoms with van der Waals surface area (Å²) in [6.07, 6.45) is -2.05. The van der Waals surface area contributed by atoms with Crippen LogP contribution in [0.4, 0.5) is 18.9 Å². The van der Waals surface area contributed by atoms with Crippen LogP contribution < -0.4 is 5.73 Å².